The standard InChI is InChI=1S/C23H29N3/c1-15-4-6-18-16(12-15)5-7-20-19(18)8-9-23(2)21(20)13-17-14-26(11-3-10-24)25-22(17)23/h4,6,14,16,19-21H,3,5,7-9,11-13H2,1-2H3/t16-,19?,20?,21?,23-/m0/s1. The molecule has 0 amide bonds. The molecular formula is C23H29N3. The van der Waals surface area contributed by atoms with E-state index in [4.69, 9.17) is 10.4 Å². The summed E-state index contributed by atoms with van der Waals surface area (Å²) in [5, 5.41) is 13.8. The first-order valence-corrected chi connectivity index (χ1v) is 10.4. The highest BCUT2D eigenvalue weighted by Crippen LogP contribution is 2.60. The Morgan fingerprint density at radius 2 is 2.15 bits per heavy atom. The lowest BCUT2D eigenvalue weighted by Crippen LogP contribution is -2.46. The third-order valence-corrected chi connectivity index (χ3v) is 7.97. The molecule has 0 aromatic carbocycles. The third-order valence-electron chi connectivity index (χ3n) is 7.97. The van der Waals surface area contributed by atoms with Crippen LogP contribution in [-0.2, 0) is 18.4 Å². The van der Waals surface area contributed by atoms with Crippen molar-refractivity contribution < 1.29 is 0 Å². The number of nitrogens with zero attached hydrogens (tertiary/aromatic N) is 3. The van der Waals surface area contributed by atoms with Gasteiger partial charge in [0.1, 0.15) is 0 Å². The van der Waals surface area contributed by atoms with Crippen LogP contribution < -0.4 is 0 Å². The van der Waals surface area contributed by atoms with Crippen molar-refractivity contribution in [2.24, 2.45) is 23.7 Å². The molecule has 136 valence electrons. The van der Waals surface area contributed by atoms with Crippen LogP contribution in [0.3, 0.4) is 0 Å². The van der Waals surface area contributed by atoms with Crippen molar-refractivity contribution >= 4 is 0 Å². The highest BCUT2D eigenvalue weighted by Gasteiger charge is 2.55. The number of allylic oxidation sites excluding steroid dienone is 4. The lowest BCUT2D eigenvalue weighted by molar-refractivity contribution is 0.0628. The zero-order chi connectivity index (χ0) is 17.9. The summed E-state index contributed by atoms with van der Waals surface area (Å²) in [6, 6.07) is 2.24. The molecule has 0 spiro atoms. The number of rotatable bonds is 2. The molecular weight excluding hydrogens is 318 g/mol. The van der Waals surface area contributed by atoms with Crippen LogP contribution in [0.5, 0.6) is 0 Å². The summed E-state index contributed by atoms with van der Waals surface area (Å²) in [6.07, 6.45) is 15.5. The molecule has 0 bridgehead atoms. The van der Waals surface area contributed by atoms with Gasteiger partial charge in [-0.15, -0.1) is 0 Å². The Morgan fingerprint density at radius 1 is 1.27 bits per heavy atom. The summed E-state index contributed by atoms with van der Waals surface area (Å²) in [4.78, 5) is 0. The molecule has 3 nitrogen and oxygen atoms in total. The van der Waals surface area contributed by atoms with Crippen molar-refractivity contribution in [2.45, 2.75) is 70.8 Å². The Bertz CT molecular complexity index is 836. The first-order chi connectivity index (χ1) is 12.6. The van der Waals surface area contributed by atoms with Crippen molar-refractivity contribution in [2.75, 3.05) is 0 Å². The van der Waals surface area contributed by atoms with Crippen molar-refractivity contribution in [1.82, 2.24) is 9.78 Å². The first-order valence-electron chi connectivity index (χ1n) is 10.4. The number of hydrogen-bond donors (Lipinski definition) is 0. The summed E-state index contributed by atoms with van der Waals surface area (Å²) in [5.41, 5.74) is 6.41. The van der Waals surface area contributed by atoms with Crippen molar-refractivity contribution in [3.05, 3.63) is 40.8 Å². The van der Waals surface area contributed by atoms with E-state index >= 15 is 0 Å². The Balaban J connectivity index is 1.44. The predicted octanol–water partition coefficient (Wildman–Crippen LogP) is 4.94. The average Bonchev–Trinajstić information content (AvgIpc) is 3.16. The molecule has 1 heterocycles. The molecule has 1 aromatic heterocycles. The molecule has 2 fully saturated rings. The van der Waals surface area contributed by atoms with Gasteiger partial charge in [0, 0.05) is 11.6 Å². The SMILES string of the molecule is CC1=CC=C2C3CC[C@]4(C)c5nn(CCC#N)cc5CC4C3CC[C@H]2C1. The lowest BCUT2D eigenvalue weighted by Gasteiger charge is -2.51. The molecule has 26 heavy (non-hydrogen) atoms. The smallest absolute Gasteiger partial charge is 0.0718 e. The van der Waals surface area contributed by atoms with Gasteiger partial charge in [-0.2, -0.15) is 10.4 Å². The predicted molar refractivity (Wildman–Crippen MR) is 102 cm³/mol. The lowest BCUT2D eigenvalue weighted by atomic mass is 9.53. The van der Waals surface area contributed by atoms with E-state index in [1.165, 1.54) is 49.8 Å². The highest BCUT2D eigenvalue weighted by atomic mass is 15.3. The molecule has 0 aliphatic heterocycles. The van der Waals surface area contributed by atoms with Crippen molar-refractivity contribution in [3.8, 4) is 6.07 Å². The van der Waals surface area contributed by atoms with Gasteiger partial charge in [0.2, 0.25) is 0 Å². The number of aryl methyl sites for hydroxylation is 1. The molecule has 3 heteroatoms. The van der Waals surface area contributed by atoms with Crippen LogP contribution in [0.4, 0.5) is 0 Å². The van der Waals surface area contributed by atoms with E-state index in [0.717, 1.165) is 30.2 Å². The number of fused-ring (bicyclic) bond motifs is 7. The largest absolute Gasteiger partial charge is 0.271 e. The van der Waals surface area contributed by atoms with Crippen LogP contribution in [0.15, 0.2) is 29.5 Å². The summed E-state index contributed by atoms with van der Waals surface area (Å²) in [5.74, 6) is 3.23. The molecule has 3 unspecified atom stereocenters. The molecule has 5 rings (SSSR count). The van der Waals surface area contributed by atoms with Crippen LogP contribution in [0.2, 0.25) is 0 Å². The molecule has 5 atom stereocenters. The first kappa shape index (κ1) is 16.4. The summed E-state index contributed by atoms with van der Waals surface area (Å²) >= 11 is 0. The molecule has 0 radical (unpaired) electrons. The highest BCUT2D eigenvalue weighted by molar-refractivity contribution is 5.38. The maximum Gasteiger partial charge on any atom is 0.0718 e. The van der Waals surface area contributed by atoms with Gasteiger partial charge < -0.3 is 0 Å². The van der Waals surface area contributed by atoms with Gasteiger partial charge in [-0.3, -0.25) is 4.68 Å². The Morgan fingerprint density at radius 3 is 3.00 bits per heavy atom. The Labute approximate surface area is 156 Å². The van der Waals surface area contributed by atoms with Crippen LogP contribution in [-0.4, -0.2) is 9.78 Å². The zero-order valence-corrected chi connectivity index (χ0v) is 16.0. The molecule has 1 aromatic rings. The van der Waals surface area contributed by atoms with E-state index in [9.17, 15) is 0 Å². The van der Waals surface area contributed by atoms with Gasteiger partial charge in [-0.05, 0) is 74.7 Å². The molecule has 4 aliphatic carbocycles. The minimum Gasteiger partial charge on any atom is -0.271 e. The van der Waals surface area contributed by atoms with E-state index in [2.05, 4.69) is 38.3 Å². The fourth-order valence-corrected chi connectivity index (χ4v) is 6.74. The quantitative estimate of drug-likeness (QED) is 0.760. The second-order valence-electron chi connectivity index (χ2n) is 9.37. The molecule has 0 saturated heterocycles. The zero-order valence-electron chi connectivity index (χ0n) is 16.0. The Hall–Kier alpha value is -1.82. The van der Waals surface area contributed by atoms with E-state index < -0.39 is 0 Å². The van der Waals surface area contributed by atoms with Crippen molar-refractivity contribution in [1.29, 1.82) is 5.26 Å². The van der Waals surface area contributed by atoms with Gasteiger partial charge in [-0.25, -0.2) is 0 Å². The maximum atomic E-state index is 8.85. The monoisotopic (exact) mass is 347 g/mol. The van der Waals surface area contributed by atoms with Crippen LogP contribution in [0.25, 0.3) is 0 Å². The van der Waals surface area contributed by atoms with Gasteiger partial charge in [0.25, 0.3) is 0 Å². The number of hydrogen-bond acceptors (Lipinski definition) is 2. The Kier molecular flexibility index (Phi) is 3.68. The summed E-state index contributed by atoms with van der Waals surface area (Å²) < 4.78 is 2.02. The molecule has 2 saturated carbocycles. The van der Waals surface area contributed by atoms with Crippen LogP contribution in [0, 0.1) is 35.0 Å². The minimum atomic E-state index is 0.252. The second kappa shape index (κ2) is 5.84. The van der Waals surface area contributed by atoms with Gasteiger partial charge in [0.05, 0.1) is 24.7 Å². The van der Waals surface area contributed by atoms with Crippen LogP contribution in [0.1, 0.15) is 63.6 Å². The van der Waals surface area contributed by atoms with Gasteiger partial charge >= 0.3 is 0 Å². The second-order valence-corrected chi connectivity index (χ2v) is 9.37. The number of aromatic nitrogens is 2. The van der Waals surface area contributed by atoms with Crippen molar-refractivity contribution in [3.63, 3.8) is 0 Å². The summed E-state index contributed by atoms with van der Waals surface area (Å²) in [6.45, 7) is 5.50. The van der Waals surface area contributed by atoms with E-state index in [0.29, 0.717) is 6.42 Å². The third kappa shape index (κ3) is 2.27. The molecule has 0 N–H and O–H groups in total. The summed E-state index contributed by atoms with van der Waals surface area (Å²) in [7, 11) is 0. The normalized spacial score (nSPS) is 37.6. The molecule has 4 aliphatic rings. The van der Waals surface area contributed by atoms with Gasteiger partial charge in [-0.1, -0.05) is 30.2 Å². The topological polar surface area (TPSA) is 41.6 Å². The van der Waals surface area contributed by atoms with E-state index in [1.807, 2.05) is 4.68 Å². The van der Waals surface area contributed by atoms with Gasteiger partial charge in [0.15, 0.2) is 0 Å². The minimum absolute atomic E-state index is 0.252. The fraction of sp³-hybridized carbons (Fsp3) is 0.652. The van der Waals surface area contributed by atoms with E-state index in [-0.39, 0.29) is 5.41 Å². The van der Waals surface area contributed by atoms with E-state index in [1.54, 1.807) is 11.1 Å². The average molecular weight is 348 g/mol. The van der Waals surface area contributed by atoms with Crippen LogP contribution >= 0.6 is 0 Å². The maximum absolute atomic E-state index is 8.85. The number of nitriles is 1. The fourth-order valence-electron chi connectivity index (χ4n) is 6.74.